The summed E-state index contributed by atoms with van der Waals surface area (Å²) >= 11 is 0. The highest BCUT2D eigenvalue weighted by Crippen LogP contribution is 2.17. The van der Waals surface area contributed by atoms with Gasteiger partial charge in [-0.3, -0.25) is 4.79 Å². The molecule has 0 saturated heterocycles. The van der Waals surface area contributed by atoms with Crippen LogP contribution in [0.25, 0.3) is 10.9 Å². The normalized spacial score (nSPS) is 10.7. The first-order valence-corrected chi connectivity index (χ1v) is 8.28. The SMILES string of the molecule is CCN(Cc1nc2ccccc2c(=O)[nH]1)C(=O)Nc1cc(F)ccc1C. The van der Waals surface area contributed by atoms with E-state index in [1.807, 2.05) is 6.92 Å². The fourth-order valence-corrected chi connectivity index (χ4v) is 2.64. The molecular weight excluding hydrogens is 335 g/mol. The van der Waals surface area contributed by atoms with Crippen molar-refractivity contribution in [3.8, 4) is 0 Å². The van der Waals surface area contributed by atoms with Crippen molar-refractivity contribution in [3.05, 3.63) is 70.0 Å². The molecule has 0 saturated carbocycles. The Bertz CT molecular complexity index is 1020. The van der Waals surface area contributed by atoms with Gasteiger partial charge in [-0.1, -0.05) is 18.2 Å². The molecule has 7 heteroatoms. The fourth-order valence-electron chi connectivity index (χ4n) is 2.64. The van der Waals surface area contributed by atoms with Gasteiger partial charge in [0.2, 0.25) is 0 Å². The maximum atomic E-state index is 13.4. The lowest BCUT2D eigenvalue weighted by atomic mass is 10.2. The van der Waals surface area contributed by atoms with Gasteiger partial charge < -0.3 is 15.2 Å². The molecule has 0 aliphatic heterocycles. The molecule has 1 heterocycles. The highest BCUT2D eigenvalue weighted by atomic mass is 19.1. The van der Waals surface area contributed by atoms with Crippen LogP contribution in [0.5, 0.6) is 0 Å². The topological polar surface area (TPSA) is 78.1 Å². The Morgan fingerprint density at radius 2 is 2.04 bits per heavy atom. The van der Waals surface area contributed by atoms with Crippen molar-refractivity contribution < 1.29 is 9.18 Å². The van der Waals surface area contributed by atoms with Crippen LogP contribution in [0.15, 0.2) is 47.3 Å². The average Bonchev–Trinajstić information content (AvgIpc) is 2.62. The number of halogens is 1. The zero-order valence-corrected chi connectivity index (χ0v) is 14.5. The second kappa shape index (κ2) is 7.35. The Morgan fingerprint density at radius 1 is 1.27 bits per heavy atom. The number of amides is 2. The molecule has 2 aromatic carbocycles. The van der Waals surface area contributed by atoms with Crippen molar-refractivity contribution in [2.24, 2.45) is 0 Å². The van der Waals surface area contributed by atoms with Crippen LogP contribution < -0.4 is 10.9 Å². The van der Waals surface area contributed by atoms with E-state index in [1.54, 1.807) is 37.3 Å². The number of H-pyrrole nitrogens is 1. The van der Waals surface area contributed by atoms with Crippen LogP contribution in [0.1, 0.15) is 18.3 Å². The molecule has 2 N–H and O–H groups in total. The number of nitrogens with zero attached hydrogens (tertiary/aromatic N) is 2. The summed E-state index contributed by atoms with van der Waals surface area (Å²) in [6.45, 7) is 4.14. The minimum Gasteiger partial charge on any atom is -0.317 e. The van der Waals surface area contributed by atoms with E-state index in [9.17, 15) is 14.0 Å². The first-order valence-electron chi connectivity index (χ1n) is 8.28. The van der Waals surface area contributed by atoms with E-state index in [2.05, 4.69) is 15.3 Å². The number of benzene rings is 2. The summed E-state index contributed by atoms with van der Waals surface area (Å²) in [5, 5.41) is 3.20. The Hall–Kier alpha value is -3.22. The molecule has 0 spiro atoms. The van der Waals surface area contributed by atoms with Crippen molar-refractivity contribution in [3.63, 3.8) is 0 Å². The largest absolute Gasteiger partial charge is 0.322 e. The van der Waals surface area contributed by atoms with E-state index < -0.39 is 11.8 Å². The van der Waals surface area contributed by atoms with Crippen molar-refractivity contribution in [2.75, 3.05) is 11.9 Å². The van der Waals surface area contributed by atoms with Crippen LogP contribution in [0.3, 0.4) is 0 Å². The standard InChI is InChI=1S/C19H19FN4O2/c1-3-24(19(26)22-16-10-13(20)9-8-12(16)2)11-17-21-15-7-5-4-6-14(15)18(25)23-17/h4-10H,3,11H2,1-2H3,(H,22,26)(H,21,23,25). The van der Waals surface area contributed by atoms with Gasteiger partial charge in [0.15, 0.2) is 0 Å². The van der Waals surface area contributed by atoms with Gasteiger partial charge in [-0.15, -0.1) is 0 Å². The predicted octanol–water partition coefficient (Wildman–Crippen LogP) is 3.42. The summed E-state index contributed by atoms with van der Waals surface area (Å²) in [6, 6.07) is 10.8. The van der Waals surface area contributed by atoms with E-state index in [4.69, 9.17) is 0 Å². The number of para-hydroxylation sites is 1. The zero-order chi connectivity index (χ0) is 18.7. The minimum absolute atomic E-state index is 0.136. The van der Waals surface area contributed by atoms with Gasteiger partial charge in [-0.2, -0.15) is 0 Å². The monoisotopic (exact) mass is 354 g/mol. The van der Waals surface area contributed by atoms with Crippen LogP contribution in [0.4, 0.5) is 14.9 Å². The maximum absolute atomic E-state index is 13.4. The molecule has 0 fully saturated rings. The third-order valence-electron chi connectivity index (χ3n) is 4.11. The molecule has 0 radical (unpaired) electrons. The number of carbonyl (C=O) groups is 1. The predicted molar refractivity (Wildman–Crippen MR) is 98.6 cm³/mol. The molecule has 0 aliphatic rings. The van der Waals surface area contributed by atoms with Crippen LogP contribution in [-0.4, -0.2) is 27.4 Å². The highest BCUT2D eigenvalue weighted by Gasteiger charge is 2.15. The number of aromatic nitrogens is 2. The molecule has 134 valence electrons. The van der Waals surface area contributed by atoms with Gasteiger partial charge in [0.25, 0.3) is 5.56 Å². The first kappa shape index (κ1) is 17.6. The Kier molecular flexibility index (Phi) is 4.97. The second-order valence-corrected chi connectivity index (χ2v) is 5.93. The Labute approximate surface area is 149 Å². The Balaban J connectivity index is 1.82. The van der Waals surface area contributed by atoms with Gasteiger partial charge in [-0.25, -0.2) is 14.2 Å². The van der Waals surface area contributed by atoms with Gasteiger partial charge >= 0.3 is 6.03 Å². The third kappa shape index (κ3) is 3.72. The first-order chi connectivity index (χ1) is 12.5. The van der Waals surface area contributed by atoms with Crippen molar-refractivity contribution >= 4 is 22.6 Å². The smallest absolute Gasteiger partial charge is 0.317 e. The number of nitrogens with one attached hydrogen (secondary N) is 2. The van der Waals surface area contributed by atoms with E-state index in [0.29, 0.717) is 29.0 Å². The Morgan fingerprint density at radius 3 is 2.81 bits per heavy atom. The molecule has 26 heavy (non-hydrogen) atoms. The number of urea groups is 1. The number of rotatable bonds is 4. The van der Waals surface area contributed by atoms with Crippen LogP contribution >= 0.6 is 0 Å². The summed E-state index contributed by atoms with van der Waals surface area (Å²) in [7, 11) is 0. The number of fused-ring (bicyclic) bond motifs is 1. The van der Waals surface area contributed by atoms with Crippen LogP contribution in [-0.2, 0) is 6.54 Å². The maximum Gasteiger partial charge on any atom is 0.322 e. The summed E-state index contributed by atoms with van der Waals surface area (Å²) in [4.78, 5) is 33.3. The van der Waals surface area contributed by atoms with E-state index in [-0.39, 0.29) is 12.1 Å². The quantitative estimate of drug-likeness (QED) is 0.753. The molecule has 1 aromatic heterocycles. The summed E-state index contributed by atoms with van der Waals surface area (Å²) in [6.07, 6.45) is 0. The van der Waals surface area contributed by atoms with E-state index >= 15 is 0 Å². The number of anilines is 1. The van der Waals surface area contributed by atoms with Crippen LogP contribution in [0.2, 0.25) is 0 Å². The number of carbonyl (C=O) groups excluding carboxylic acids is 1. The van der Waals surface area contributed by atoms with Crippen molar-refractivity contribution in [2.45, 2.75) is 20.4 Å². The van der Waals surface area contributed by atoms with Crippen LogP contribution in [0, 0.1) is 12.7 Å². The second-order valence-electron chi connectivity index (χ2n) is 5.93. The third-order valence-corrected chi connectivity index (χ3v) is 4.11. The van der Waals surface area contributed by atoms with Crippen molar-refractivity contribution in [1.82, 2.24) is 14.9 Å². The average molecular weight is 354 g/mol. The molecule has 0 atom stereocenters. The molecule has 2 amide bonds. The molecular formula is C19H19FN4O2. The van der Waals surface area contributed by atoms with Gasteiger partial charge in [0.1, 0.15) is 11.6 Å². The summed E-state index contributed by atoms with van der Waals surface area (Å²) in [5.41, 5.74) is 1.49. The van der Waals surface area contributed by atoms with Gasteiger partial charge in [0, 0.05) is 12.2 Å². The number of aromatic amines is 1. The van der Waals surface area contributed by atoms with Crippen molar-refractivity contribution in [1.29, 1.82) is 0 Å². The summed E-state index contributed by atoms with van der Waals surface area (Å²) < 4.78 is 13.4. The van der Waals surface area contributed by atoms with Gasteiger partial charge in [0.05, 0.1) is 17.4 Å². The van der Waals surface area contributed by atoms with E-state index in [0.717, 1.165) is 5.56 Å². The molecule has 3 aromatic rings. The number of hydrogen-bond acceptors (Lipinski definition) is 3. The molecule has 0 unspecified atom stereocenters. The highest BCUT2D eigenvalue weighted by molar-refractivity contribution is 5.90. The lowest BCUT2D eigenvalue weighted by Gasteiger charge is -2.21. The lowest BCUT2D eigenvalue weighted by molar-refractivity contribution is 0.210. The number of aryl methyl sites for hydroxylation is 1. The molecule has 6 nitrogen and oxygen atoms in total. The fraction of sp³-hybridized carbons (Fsp3) is 0.211. The van der Waals surface area contributed by atoms with E-state index in [1.165, 1.54) is 17.0 Å². The molecule has 0 bridgehead atoms. The lowest BCUT2D eigenvalue weighted by Crippen LogP contribution is -2.35. The molecule has 3 rings (SSSR count). The molecule has 0 aliphatic carbocycles. The zero-order valence-electron chi connectivity index (χ0n) is 14.5. The van der Waals surface area contributed by atoms with Gasteiger partial charge in [-0.05, 0) is 43.7 Å². The summed E-state index contributed by atoms with van der Waals surface area (Å²) in [5.74, 6) is -0.0314. The number of hydrogen-bond donors (Lipinski definition) is 2. The minimum atomic E-state index is -0.422.